The Morgan fingerprint density at radius 2 is 1.53 bits per heavy atom. The van der Waals surface area contributed by atoms with E-state index in [4.69, 9.17) is 0 Å². The van der Waals surface area contributed by atoms with E-state index in [0.717, 1.165) is 12.5 Å². The summed E-state index contributed by atoms with van der Waals surface area (Å²) in [6.07, 6.45) is 1.22. The van der Waals surface area contributed by atoms with Crippen molar-refractivity contribution in [3.8, 4) is 0 Å². The Labute approximate surface area is 96.4 Å². The summed E-state index contributed by atoms with van der Waals surface area (Å²) in [5.41, 5.74) is 0. The van der Waals surface area contributed by atoms with Gasteiger partial charge in [0, 0.05) is 18.6 Å². The zero-order valence-corrected chi connectivity index (χ0v) is 11.7. The molecule has 0 aromatic heterocycles. The van der Waals surface area contributed by atoms with E-state index in [0.29, 0.717) is 18.0 Å². The molecule has 2 nitrogen and oxygen atoms in total. The maximum atomic E-state index is 3.69. The van der Waals surface area contributed by atoms with Crippen molar-refractivity contribution in [3.05, 3.63) is 0 Å². The van der Waals surface area contributed by atoms with Gasteiger partial charge in [0.1, 0.15) is 0 Å². The minimum absolute atomic E-state index is 0.637. The Kier molecular flexibility index (Phi) is 7.20. The Hall–Kier alpha value is -0.0800. The first kappa shape index (κ1) is 14.9. The van der Waals surface area contributed by atoms with Crippen molar-refractivity contribution in [3.63, 3.8) is 0 Å². The number of hydrogen-bond acceptors (Lipinski definition) is 2. The molecule has 0 aliphatic heterocycles. The molecule has 0 bridgehead atoms. The van der Waals surface area contributed by atoms with Crippen LogP contribution in [0.3, 0.4) is 0 Å². The molecule has 0 amide bonds. The van der Waals surface area contributed by atoms with Gasteiger partial charge in [-0.2, -0.15) is 0 Å². The molecule has 1 N–H and O–H groups in total. The summed E-state index contributed by atoms with van der Waals surface area (Å²) in [4.78, 5) is 2.32. The molecule has 0 spiro atoms. The molecule has 2 heteroatoms. The Balaban J connectivity index is 4.08. The summed E-state index contributed by atoms with van der Waals surface area (Å²) < 4.78 is 0. The van der Waals surface area contributed by atoms with Crippen LogP contribution in [0.5, 0.6) is 0 Å². The van der Waals surface area contributed by atoms with Gasteiger partial charge in [-0.15, -0.1) is 0 Å². The molecule has 0 heterocycles. The van der Waals surface area contributed by atoms with Crippen LogP contribution in [0.1, 0.15) is 41.0 Å². The van der Waals surface area contributed by atoms with Crippen LogP contribution in [0, 0.1) is 11.8 Å². The first-order valence-electron chi connectivity index (χ1n) is 6.29. The van der Waals surface area contributed by atoms with E-state index in [1.807, 2.05) is 0 Å². The minimum Gasteiger partial charge on any atom is -0.312 e. The van der Waals surface area contributed by atoms with Crippen molar-refractivity contribution >= 4 is 0 Å². The Morgan fingerprint density at radius 3 is 1.80 bits per heavy atom. The second kappa shape index (κ2) is 7.24. The van der Waals surface area contributed by atoms with E-state index in [-0.39, 0.29) is 0 Å². The average molecular weight is 214 g/mol. The van der Waals surface area contributed by atoms with E-state index < -0.39 is 0 Å². The van der Waals surface area contributed by atoms with Gasteiger partial charge in [-0.05, 0) is 32.4 Å². The smallest absolute Gasteiger partial charge is 0.0237 e. The highest BCUT2D eigenvalue weighted by Gasteiger charge is 2.18. The number of nitrogens with one attached hydrogen (secondary N) is 1. The monoisotopic (exact) mass is 214 g/mol. The molecule has 0 saturated carbocycles. The van der Waals surface area contributed by atoms with Crippen LogP contribution >= 0.6 is 0 Å². The number of hydrogen-bond donors (Lipinski definition) is 1. The number of rotatable bonds is 7. The summed E-state index contributed by atoms with van der Waals surface area (Å²) in [5.74, 6) is 1.43. The van der Waals surface area contributed by atoms with E-state index in [9.17, 15) is 0 Å². The summed E-state index contributed by atoms with van der Waals surface area (Å²) in [6.45, 7) is 12.5. The van der Waals surface area contributed by atoms with Crippen molar-refractivity contribution in [2.75, 3.05) is 20.6 Å². The molecule has 0 aliphatic carbocycles. The quantitative estimate of drug-likeness (QED) is 0.701. The van der Waals surface area contributed by atoms with Crippen LogP contribution in [-0.4, -0.2) is 37.6 Å². The first-order valence-corrected chi connectivity index (χ1v) is 6.29. The molecule has 0 rings (SSSR count). The van der Waals surface area contributed by atoms with Gasteiger partial charge >= 0.3 is 0 Å². The van der Waals surface area contributed by atoms with Crippen LogP contribution < -0.4 is 5.32 Å². The van der Waals surface area contributed by atoms with Gasteiger partial charge in [0.05, 0.1) is 0 Å². The highest BCUT2D eigenvalue weighted by atomic mass is 15.1. The lowest BCUT2D eigenvalue weighted by molar-refractivity contribution is 0.211. The van der Waals surface area contributed by atoms with Crippen molar-refractivity contribution in [2.24, 2.45) is 11.8 Å². The van der Waals surface area contributed by atoms with Gasteiger partial charge in [0.2, 0.25) is 0 Å². The second-order valence-corrected chi connectivity index (χ2v) is 5.44. The third-order valence-electron chi connectivity index (χ3n) is 3.27. The molecule has 0 radical (unpaired) electrons. The van der Waals surface area contributed by atoms with E-state index in [1.165, 1.54) is 6.42 Å². The van der Waals surface area contributed by atoms with Gasteiger partial charge in [-0.25, -0.2) is 0 Å². The van der Waals surface area contributed by atoms with Crippen LogP contribution in [0.25, 0.3) is 0 Å². The summed E-state index contributed by atoms with van der Waals surface area (Å²) in [6, 6.07) is 1.30. The fourth-order valence-corrected chi connectivity index (χ4v) is 2.14. The molecule has 0 fully saturated rings. The van der Waals surface area contributed by atoms with Crippen molar-refractivity contribution in [2.45, 2.75) is 53.1 Å². The minimum atomic E-state index is 0.637. The van der Waals surface area contributed by atoms with Crippen molar-refractivity contribution in [1.29, 1.82) is 0 Å². The Morgan fingerprint density at radius 1 is 1.00 bits per heavy atom. The van der Waals surface area contributed by atoms with Crippen molar-refractivity contribution in [1.82, 2.24) is 10.2 Å². The topological polar surface area (TPSA) is 15.3 Å². The predicted octanol–water partition coefficient (Wildman–Crippen LogP) is 2.60. The molecule has 0 aromatic carbocycles. The van der Waals surface area contributed by atoms with E-state index >= 15 is 0 Å². The lowest BCUT2D eigenvalue weighted by atomic mass is 9.99. The fourth-order valence-electron chi connectivity index (χ4n) is 2.14. The molecule has 15 heavy (non-hydrogen) atoms. The lowest BCUT2D eigenvalue weighted by Crippen LogP contribution is -2.46. The molecular weight excluding hydrogens is 184 g/mol. The average Bonchev–Trinajstić information content (AvgIpc) is 2.10. The van der Waals surface area contributed by atoms with E-state index in [1.54, 1.807) is 0 Å². The zero-order chi connectivity index (χ0) is 12.0. The molecule has 2 unspecified atom stereocenters. The van der Waals surface area contributed by atoms with Gasteiger partial charge in [0.15, 0.2) is 0 Å². The molecule has 2 atom stereocenters. The standard InChI is InChI=1S/C13H30N2/c1-8-12(10(2)3)14-9-13(11(4)5)15(6)7/h10-14H,8-9H2,1-7H3. The van der Waals surface area contributed by atoms with Crippen LogP contribution in [0.15, 0.2) is 0 Å². The third kappa shape index (κ3) is 5.53. The zero-order valence-electron chi connectivity index (χ0n) is 11.7. The van der Waals surface area contributed by atoms with Crippen molar-refractivity contribution < 1.29 is 0 Å². The predicted molar refractivity (Wildman–Crippen MR) is 69.2 cm³/mol. The Bertz CT molecular complexity index is 145. The third-order valence-corrected chi connectivity index (χ3v) is 3.27. The van der Waals surface area contributed by atoms with Gasteiger partial charge in [-0.3, -0.25) is 0 Å². The molecule has 0 saturated heterocycles. The van der Waals surface area contributed by atoms with E-state index in [2.05, 4.69) is 58.9 Å². The lowest BCUT2D eigenvalue weighted by Gasteiger charge is -2.31. The van der Waals surface area contributed by atoms with Crippen LogP contribution in [0.4, 0.5) is 0 Å². The SMILES string of the molecule is CCC(NCC(C(C)C)N(C)C)C(C)C. The maximum Gasteiger partial charge on any atom is 0.0237 e. The fraction of sp³-hybridized carbons (Fsp3) is 1.00. The number of likely N-dealkylation sites (N-methyl/N-ethyl adjacent to an activating group) is 1. The first-order chi connectivity index (χ1) is 6.90. The summed E-state index contributed by atoms with van der Waals surface area (Å²) in [7, 11) is 4.34. The highest BCUT2D eigenvalue weighted by molar-refractivity contribution is 4.77. The number of nitrogens with zero attached hydrogens (tertiary/aromatic N) is 1. The van der Waals surface area contributed by atoms with Crippen LogP contribution in [0.2, 0.25) is 0 Å². The summed E-state index contributed by atoms with van der Waals surface area (Å²) in [5, 5.41) is 3.69. The normalized spacial score (nSPS) is 16.4. The molecule has 0 aromatic rings. The molecular formula is C13H30N2. The van der Waals surface area contributed by atoms with Gasteiger partial charge in [0.25, 0.3) is 0 Å². The van der Waals surface area contributed by atoms with Gasteiger partial charge < -0.3 is 10.2 Å². The second-order valence-electron chi connectivity index (χ2n) is 5.44. The summed E-state index contributed by atoms with van der Waals surface area (Å²) >= 11 is 0. The molecule has 92 valence electrons. The molecule has 0 aliphatic rings. The maximum absolute atomic E-state index is 3.69. The highest BCUT2D eigenvalue weighted by Crippen LogP contribution is 2.09. The van der Waals surface area contributed by atoms with Crippen LogP contribution in [-0.2, 0) is 0 Å². The largest absolute Gasteiger partial charge is 0.312 e. The van der Waals surface area contributed by atoms with Gasteiger partial charge in [-0.1, -0.05) is 34.6 Å².